The van der Waals surface area contributed by atoms with Gasteiger partial charge < -0.3 is 14.9 Å². The van der Waals surface area contributed by atoms with E-state index in [4.69, 9.17) is 14.9 Å². The highest BCUT2D eigenvalue weighted by Crippen LogP contribution is 2.24. The van der Waals surface area contributed by atoms with Crippen LogP contribution in [0, 0.1) is 6.92 Å². The molecular weight excluding hydrogens is 256 g/mol. The molecule has 0 aliphatic carbocycles. The van der Waals surface area contributed by atoms with E-state index in [0.717, 1.165) is 28.1 Å². The molecule has 6 heteroatoms. The van der Waals surface area contributed by atoms with Crippen molar-refractivity contribution in [1.82, 2.24) is 15.0 Å². The first-order chi connectivity index (χ1) is 9.65. The Kier molecular flexibility index (Phi) is 3.08. The predicted octanol–water partition coefficient (Wildman–Crippen LogP) is 2.32. The molecule has 1 aromatic carbocycles. The second-order valence-corrected chi connectivity index (χ2v) is 4.48. The molecule has 0 bridgehead atoms. The van der Waals surface area contributed by atoms with E-state index in [1.165, 1.54) is 0 Å². The molecule has 2 N–H and O–H groups in total. The molecule has 0 saturated heterocycles. The van der Waals surface area contributed by atoms with Crippen molar-refractivity contribution < 1.29 is 9.15 Å². The highest BCUT2D eigenvalue weighted by atomic mass is 16.5. The highest BCUT2D eigenvalue weighted by Gasteiger charge is 2.09. The van der Waals surface area contributed by atoms with Crippen LogP contribution in [0.25, 0.3) is 22.4 Å². The minimum atomic E-state index is 0.264. The number of nitrogens with two attached hydrogens (primary N) is 1. The summed E-state index contributed by atoms with van der Waals surface area (Å²) in [6, 6.07) is 7.59. The molecule has 0 saturated carbocycles. The van der Waals surface area contributed by atoms with Crippen molar-refractivity contribution in [3.05, 3.63) is 35.9 Å². The highest BCUT2D eigenvalue weighted by molar-refractivity contribution is 5.79. The predicted molar refractivity (Wildman–Crippen MR) is 74.9 cm³/mol. The van der Waals surface area contributed by atoms with Gasteiger partial charge in [-0.25, -0.2) is 15.0 Å². The Morgan fingerprint density at radius 1 is 1.20 bits per heavy atom. The molecule has 0 unspecified atom stereocenters. The molecule has 2 heterocycles. The van der Waals surface area contributed by atoms with Gasteiger partial charge in [-0.1, -0.05) is 0 Å². The molecule has 3 rings (SSSR count). The quantitative estimate of drug-likeness (QED) is 0.785. The number of aryl methyl sites for hydroxylation is 1. The number of rotatable bonds is 3. The lowest BCUT2D eigenvalue weighted by Crippen LogP contribution is -1.98. The van der Waals surface area contributed by atoms with E-state index in [-0.39, 0.29) is 5.95 Å². The minimum Gasteiger partial charge on any atom is -0.438 e. The van der Waals surface area contributed by atoms with Crippen LogP contribution in [0.5, 0.6) is 0 Å². The number of ether oxygens (including phenoxy) is 1. The normalized spacial score (nSPS) is 11.1. The molecule has 3 aromatic rings. The van der Waals surface area contributed by atoms with E-state index in [2.05, 4.69) is 15.0 Å². The second kappa shape index (κ2) is 4.90. The number of hydrogen-bond donors (Lipinski definition) is 1. The summed E-state index contributed by atoms with van der Waals surface area (Å²) in [5.74, 6) is 0.818. The molecule has 20 heavy (non-hydrogen) atoms. The zero-order valence-electron chi connectivity index (χ0n) is 11.3. The van der Waals surface area contributed by atoms with Crippen molar-refractivity contribution in [2.45, 2.75) is 13.5 Å². The van der Waals surface area contributed by atoms with Gasteiger partial charge in [-0.2, -0.15) is 0 Å². The number of nitrogens with zero attached hydrogens (tertiary/aromatic N) is 3. The average molecular weight is 270 g/mol. The molecule has 102 valence electrons. The molecule has 0 radical (unpaired) electrons. The maximum Gasteiger partial charge on any atom is 0.221 e. The lowest BCUT2D eigenvalue weighted by Gasteiger charge is -2.02. The van der Waals surface area contributed by atoms with Gasteiger partial charge in [-0.3, -0.25) is 0 Å². The van der Waals surface area contributed by atoms with Gasteiger partial charge >= 0.3 is 0 Å². The fourth-order valence-corrected chi connectivity index (χ4v) is 2.06. The monoisotopic (exact) mass is 270 g/mol. The van der Waals surface area contributed by atoms with Crippen molar-refractivity contribution in [3.63, 3.8) is 0 Å². The Balaban J connectivity index is 2.07. The zero-order chi connectivity index (χ0) is 14.1. The average Bonchev–Trinajstić information content (AvgIpc) is 2.79. The van der Waals surface area contributed by atoms with Crippen LogP contribution >= 0.6 is 0 Å². The Labute approximate surface area is 115 Å². The zero-order valence-corrected chi connectivity index (χ0v) is 11.3. The molecule has 0 spiro atoms. The van der Waals surface area contributed by atoms with Crippen LogP contribution in [-0.4, -0.2) is 22.1 Å². The number of methoxy groups -OCH3 is 1. The smallest absolute Gasteiger partial charge is 0.221 e. The number of aromatic nitrogens is 3. The first-order valence-electron chi connectivity index (χ1n) is 6.15. The topological polar surface area (TPSA) is 87.1 Å². The minimum absolute atomic E-state index is 0.264. The lowest BCUT2D eigenvalue weighted by molar-refractivity contribution is 0.161. The number of fused-ring (bicyclic) bond motifs is 1. The van der Waals surface area contributed by atoms with Crippen LogP contribution in [0.15, 0.2) is 28.7 Å². The van der Waals surface area contributed by atoms with Crippen LogP contribution in [0.4, 0.5) is 5.95 Å². The van der Waals surface area contributed by atoms with Crippen molar-refractivity contribution in [2.75, 3.05) is 12.8 Å². The van der Waals surface area contributed by atoms with E-state index in [9.17, 15) is 0 Å². The first kappa shape index (κ1) is 12.6. The van der Waals surface area contributed by atoms with Crippen molar-refractivity contribution in [2.24, 2.45) is 0 Å². The number of oxazole rings is 1. The van der Waals surface area contributed by atoms with Crippen LogP contribution in [0.1, 0.15) is 11.6 Å². The number of anilines is 1. The molecule has 2 aromatic heterocycles. The van der Waals surface area contributed by atoms with Gasteiger partial charge in [0, 0.05) is 18.4 Å². The van der Waals surface area contributed by atoms with E-state index in [1.54, 1.807) is 7.11 Å². The summed E-state index contributed by atoms with van der Waals surface area (Å²) in [7, 11) is 1.60. The molecule has 0 atom stereocenters. The molecule has 0 fully saturated rings. The summed E-state index contributed by atoms with van der Waals surface area (Å²) in [6.07, 6.45) is 0. The van der Waals surface area contributed by atoms with Crippen LogP contribution in [-0.2, 0) is 11.3 Å². The van der Waals surface area contributed by atoms with Gasteiger partial charge in [0.1, 0.15) is 12.1 Å². The number of nitrogen functional groups attached to an aromatic ring is 1. The van der Waals surface area contributed by atoms with Gasteiger partial charge in [0.25, 0.3) is 0 Å². The Morgan fingerprint density at radius 2 is 2.05 bits per heavy atom. The molecule has 0 amide bonds. The molecular formula is C14H14N4O2. The van der Waals surface area contributed by atoms with E-state index < -0.39 is 0 Å². The summed E-state index contributed by atoms with van der Waals surface area (Å²) >= 11 is 0. The summed E-state index contributed by atoms with van der Waals surface area (Å²) in [5, 5.41) is 0. The largest absolute Gasteiger partial charge is 0.438 e. The van der Waals surface area contributed by atoms with Crippen molar-refractivity contribution in [3.8, 4) is 11.3 Å². The lowest BCUT2D eigenvalue weighted by atomic mass is 10.1. The SMILES string of the molecule is COCc1nc2cc(-c3cc(C)nc(N)n3)ccc2o1. The molecule has 6 nitrogen and oxygen atoms in total. The van der Waals surface area contributed by atoms with Gasteiger partial charge in [-0.15, -0.1) is 0 Å². The fourth-order valence-electron chi connectivity index (χ4n) is 2.06. The molecule has 0 aliphatic heterocycles. The number of hydrogen-bond acceptors (Lipinski definition) is 6. The Bertz CT molecular complexity index is 747. The summed E-state index contributed by atoms with van der Waals surface area (Å²) < 4.78 is 10.6. The Morgan fingerprint density at radius 3 is 2.80 bits per heavy atom. The van der Waals surface area contributed by atoms with Gasteiger partial charge in [-0.05, 0) is 31.2 Å². The third kappa shape index (κ3) is 2.33. The molecule has 0 aliphatic rings. The second-order valence-electron chi connectivity index (χ2n) is 4.48. The van der Waals surface area contributed by atoms with E-state index in [1.807, 2.05) is 31.2 Å². The van der Waals surface area contributed by atoms with E-state index in [0.29, 0.717) is 12.5 Å². The standard InChI is InChI=1S/C14H14N4O2/c1-8-5-10(18-14(15)16-8)9-3-4-12-11(6-9)17-13(20-12)7-19-2/h3-6H,7H2,1-2H3,(H2,15,16,18). The summed E-state index contributed by atoms with van der Waals surface area (Å²) in [5.41, 5.74) is 9.69. The van der Waals surface area contributed by atoms with Crippen LogP contribution in [0.2, 0.25) is 0 Å². The van der Waals surface area contributed by atoms with Crippen molar-refractivity contribution >= 4 is 17.0 Å². The van der Waals surface area contributed by atoms with Gasteiger partial charge in [0.05, 0.1) is 5.69 Å². The maximum absolute atomic E-state index is 5.68. The number of benzene rings is 1. The maximum atomic E-state index is 5.68. The summed E-state index contributed by atoms with van der Waals surface area (Å²) in [4.78, 5) is 12.7. The first-order valence-corrected chi connectivity index (χ1v) is 6.15. The summed E-state index contributed by atoms with van der Waals surface area (Å²) in [6.45, 7) is 2.23. The van der Waals surface area contributed by atoms with Gasteiger partial charge in [0.15, 0.2) is 5.58 Å². The fraction of sp³-hybridized carbons (Fsp3) is 0.214. The third-order valence-electron chi connectivity index (χ3n) is 2.87. The van der Waals surface area contributed by atoms with Crippen LogP contribution < -0.4 is 5.73 Å². The van der Waals surface area contributed by atoms with Gasteiger partial charge in [0.2, 0.25) is 11.8 Å². The Hall–Kier alpha value is -2.47. The van der Waals surface area contributed by atoms with E-state index >= 15 is 0 Å². The van der Waals surface area contributed by atoms with Crippen molar-refractivity contribution in [1.29, 1.82) is 0 Å². The van der Waals surface area contributed by atoms with Crippen LogP contribution in [0.3, 0.4) is 0 Å². The third-order valence-corrected chi connectivity index (χ3v) is 2.87.